The van der Waals surface area contributed by atoms with Crippen LogP contribution in [0.1, 0.15) is 20.3 Å². The van der Waals surface area contributed by atoms with Crippen molar-refractivity contribution in [2.45, 2.75) is 32.4 Å². The van der Waals surface area contributed by atoms with Gasteiger partial charge in [0.2, 0.25) is 0 Å². The zero-order valence-electron chi connectivity index (χ0n) is 11.2. The lowest BCUT2D eigenvalue weighted by Crippen LogP contribution is -2.37. The number of rotatable bonds is 2. The van der Waals surface area contributed by atoms with Crippen LogP contribution in [0.2, 0.25) is 5.02 Å². The van der Waals surface area contributed by atoms with Gasteiger partial charge in [-0.05, 0) is 38.5 Å². The van der Waals surface area contributed by atoms with Gasteiger partial charge in [-0.3, -0.25) is 0 Å². The Kier molecular flexibility index (Phi) is 4.36. The summed E-state index contributed by atoms with van der Waals surface area (Å²) in [5.41, 5.74) is 1.09. The normalized spacial score (nSPS) is 24.8. The monoisotopic (exact) mass is 268 g/mol. The number of halogens is 1. The van der Waals surface area contributed by atoms with Crippen LogP contribution in [0, 0.1) is 0 Å². The third kappa shape index (κ3) is 3.09. The molecule has 3 nitrogen and oxygen atoms in total. The van der Waals surface area contributed by atoms with Crippen molar-refractivity contribution in [3.8, 4) is 5.75 Å². The number of benzene rings is 1. The van der Waals surface area contributed by atoms with Gasteiger partial charge < -0.3 is 15.0 Å². The third-order valence-electron chi connectivity index (χ3n) is 3.38. The van der Waals surface area contributed by atoms with Crippen LogP contribution in [0.3, 0.4) is 0 Å². The predicted octanol–water partition coefficient (Wildman–Crippen LogP) is 2.93. The molecule has 0 aliphatic carbocycles. The van der Waals surface area contributed by atoms with Crippen molar-refractivity contribution in [1.82, 2.24) is 5.32 Å². The van der Waals surface area contributed by atoms with Gasteiger partial charge >= 0.3 is 0 Å². The van der Waals surface area contributed by atoms with Crippen molar-refractivity contribution in [3.63, 3.8) is 0 Å². The fraction of sp³-hybridized carbons (Fsp3) is 0.571. The number of nitrogens with zero attached hydrogens (tertiary/aromatic N) is 1. The lowest BCUT2D eigenvalue weighted by Gasteiger charge is -2.26. The first kappa shape index (κ1) is 13.5. The summed E-state index contributed by atoms with van der Waals surface area (Å²) in [7, 11) is 1.70. The van der Waals surface area contributed by atoms with Gasteiger partial charge in [0.05, 0.1) is 12.8 Å². The van der Waals surface area contributed by atoms with E-state index in [2.05, 4.69) is 24.1 Å². The molecule has 0 aromatic heterocycles. The van der Waals surface area contributed by atoms with Crippen molar-refractivity contribution in [1.29, 1.82) is 0 Å². The molecule has 1 heterocycles. The topological polar surface area (TPSA) is 24.5 Å². The molecule has 18 heavy (non-hydrogen) atoms. The van der Waals surface area contributed by atoms with Crippen molar-refractivity contribution >= 4 is 17.3 Å². The number of hydrogen-bond donors (Lipinski definition) is 1. The van der Waals surface area contributed by atoms with E-state index in [0.717, 1.165) is 36.0 Å². The SMILES string of the molecule is COc1ccc(Cl)cc1N1CCC(C)NC(C)C1. The van der Waals surface area contributed by atoms with E-state index in [1.54, 1.807) is 7.11 Å². The molecule has 2 atom stereocenters. The lowest BCUT2D eigenvalue weighted by molar-refractivity contribution is 0.414. The average Bonchev–Trinajstić information content (AvgIpc) is 2.50. The number of hydrogen-bond acceptors (Lipinski definition) is 3. The van der Waals surface area contributed by atoms with E-state index < -0.39 is 0 Å². The first-order chi connectivity index (χ1) is 8.60. The van der Waals surface area contributed by atoms with Gasteiger partial charge in [-0.1, -0.05) is 11.6 Å². The van der Waals surface area contributed by atoms with Crippen LogP contribution in [0.25, 0.3) is 0 Å². The average molecular weight is 269 g/mol. The maximum atomic E-state index is 6.10. The van der Waals surface area contributed by atoms with Gasteiger partial charge in [0.25, 0.3) is 0 Å². The second-order valence-electron chi connectivity index (χ2n) is 5.02. The second-order valence-corrected chi connectivity index (χ2v) is 5.46. The Morgan fingerprint density at radius 3 is 2.83 bits per heavy atom. The van der Waals surface area contributed by atoms with Gasteiger partial charge in [0, 0.05) is 30.2 Å². The summed E-state index contributed by atoms with van der Waals surface area (Å²) in [5, 5.41) is 4.33. The number of anilines is 1. The molecule has 1 aromatic rings. The summed E-state index contributed by atoms with van der Waals surface area (Å²) < 4.78 is 5.44. The summed E-state index contributed by atoms with van der Waals surface area (Å²) in [6, 6.07) is 6.81. The summed E-state index contributed by atoms with van der Waals surface area (Å²) >= 11 is 6.10. The molecule has 2 rings (SSSR count). The number of methoxy groups -OCH3 is 1. The minimum absolute atomic E-state index is 0.464. The largest absolute Gasteiger partial charge is 0.495 e. The van der Waals surface area contributed by atoms with E-state index in [1.807, 2.05) is 18.2 Å². The van der Waals surface area contributed by atoms with Crippen LogP contribution in [-0.4, -0.2) is 32.3 Å². The summed E-state index contributed by atoms with van der Waals surface area (Å²) in [5.74, 6) is 0.890. The maximum absolute atomic E-state index is 6.10. The van der Waals surface area contributed by atoms with E-state index in [9.17, 15) is 0 Å². The van der Waals surface area contributed by atoms with Gasteiger partial charge in [-0.25, -0.2) is 0 Å². The number of ether oxygens (including phenoxy) is 1. The molecule has 1 aliphatic heterocycles. The molecule has 0 bridgehead atoms. The third-order valence-corrected chi connectivity index (χ3v) is 3.61. The van der Waals surface area contributed by atoms with Gasteiger partial charge in [0.1, 0.15) is 5.75 Å². The Bertz CT molecular complexity index is 411. The van der Waals surface area contributed by atoms with Crippen LogP contribution in [0.4, 0.5) is 5.69 Å². The molecule has 100 valence electrons. The van der Waals surface area contributed by atoms with Crippen molar-refractivity contribution in [2.24, 2.45) is 0 Å². The number of nitrogens with one attached hydrogen (secondary N) is 1. The molecular weight excluding hydrogens is 248 g/mol. The van der Waals surface area contributed by atoms with Crippen LogP contribution >= 0.6 is 11.6 Å². The molecule has 0 radical (unpaired) electrons. The highest BCUT2D eigenvalue weighted by Gasteiger charge is 2.20. The minimum Gasteiger partial charge on any atom is -0.495 e. The van der Waals surface area contributed by atoms with E-state index in [4.69, 9.17) is 16.3 Å². The van der Waals surface area contributed by atoms with Crippen molar-refractivity contribution in [2.75, 3.05) is 25.1 Å². The molecule has 1 N–H and O–H groups in total. The van der Waals surface area contributed by atoms with Crippen LogP contribution in [-0.2, 0) is 0 Å². The van der Waals surface area contributed by atoms with E-state index in [0.29, 0.717) is 12.1 Å². The Morgan fingerprint density at radius 2 is 2.11 bits per heavy atom. The molecule has 0 amide bonds. The lowest BCUT2D eigenvalue weighted by atomic mass is 10.2. The summed E-state index contributed by atoms with van der Waals surface area (Å²) in [6.45, 7) is 6.44. The van der Waals surface area contributed by atoms with Crippen LogP contribution in [0.15, 0.2) is 18.2 Å². The highest BCUT2D eigenvalue weighted by molar-refractivity contribution is 6.30. The second kappa shape index (κ2) is 5.81. The van der Waals surface area contributed by atoms with Crippen molar-refractivity contribution in [3.05, 3.63) is 23.2 Å². The van der Waals surface area contributed by atoms with Gasteiger partial charge in [0.15, 0.2) is 0 Å². The van der Waals surface area contributed by atoms with Gasteiger partial charge in [-0.2, -0.15) is 0 Å². The molecule has 1 aliphatic rings. The smallest absolute Gasteiger partial charge is 0.142 e. The Balaban J connectivity index is 2.26. The van der Waals surface area contributed by atoms with E-state index in [-0.39, 0.29) is 0 Å². The Labute approximate surface area is 114 Å². The highest BCUT2D eigenvalue weighted by Crippen LogP contribution is 2.32. The molecule has 1 saturated heterocycles. The molecule has 0 spiro atoms. The zero-order valence-corrected chi connectivity index (χ0v) is 12.0. The molecule has 0 saturated carbocycles. The van der Waals surface area contributed by atoms with Crippen molar-refractivity contribution < 1.29 is 4.74 Å². The quantitative estimate of drug-likeness (QED) is 0.893. The first-order valence-corrected chi connectivity index (χ1v) is 6.82. The summed E-state index contributed by atoms with van der Waals surface area (Å²) in [6.07, 6.45) is 1.13. The standard InChI is InChI=1S/C14H21ClN2O/c1-10-6-7-17(9-11(2)16-10)13-8-12(15)4-5-14(13)18-3/h4-5,8,10-11,16H,6-7,9H2,1-3H3. The predicted molar refractivity (Wildman–Crippen MR) is 76.9 cm³/mol. The van der Waals surface area contributed by atoms with E-state index >= 15 is 0 Å². The van der Waals surface area contributed by atoms with Crippen LogP contribution in [0.5, 0.6) is 5.75 Å². The van der Waals surface area contributed by atoms with E-state index in [1.165, 1.54) is 0 Å². The van der Waals surface area contributed by atoms with Gasteiger partial charge in [-0.15, -0.1) is 0 Å². The van der Waals surface area contributed by atoms with Crippen LogP contribution < -0.4 is 15.0 Å². The zero-order chi connectivity index (χ0) is 13.1. The minimum atomic E-state index is 0.464. The first-order valence-electron chi connectivity index (χ1n) is 6.44. The summed E-state index contributed by atoms with van der Waals surface area (Å²) in [4.78, 5) is 2.35. The highest BCUT2D eigenvalue weighted by atomic mass is 35.5. The maximum Gasteiger partial charge on any atom is 0.142 e. The molecule has 1 aromatic carbocycles. The molecule has 2 unspecified atom stereocenters. The Hall–Kier alpha value is -0.930. The fourth-order valence-corrected chi connectivity index (χ4v) is 2.69. The molecule has 4 heteroatoms. The fourth-order valence-electron chi connectivity index (χ4n) is 2.52. The molecular formula is C14H21ClN2O. The Morgan fingerprint density at radius 1 is 1.33 bits per heavy atom. The molecule has 1 fully saturated rings.